The number of aryl methyl sites for hydroxylation is 1. The van der Waals surface area contributed by atoms with Gasteiger partial charge in [-0.05, 0) is 30.2 Å². The minimum absolute atomic E-state index is 0.102. The summed E-state index contributed by atoms with van der Waals surface area (Å²) in [5, 5.41) is 0.589. The van der Waals surface area contributed by atoms with Crippen molar-refractivity contribution in [3.63, 3.8) is 0 Å². The first-order valence-electron chi connectivity index (χ1n) is 8.50. The SMILES string of the molecule is COC(=O)c1ccc(CSc2nc(C)c(Cc3ccccc3)c(=O)[nH]2)cc1. The summed E-state index contributed by atoms with van der Waals surface area (Å²) in [5.74, 6) is 0.284. The fraction of sp³-hybridized carbons (Fsp3) is 0.190. The third-order valence-electron chi connectivity index (χ3n) is 4.17. The van der Waals surface area contributed by atoms with Gasteiger partial charge in [-0.15, -0.1) is 0 Å². The van der Waals surface area contributed by atoms with Crippen molar-refractivity contribution < 1.29 is 9.53 Å². The van der Waals surface area contributed by atoms with Crippen molar-refractivity contribution in [2.75, 3.05) is 7.11 Å². The minimum Gasteiger partial charge on any atom is -0.465 e. The standard InChI is InChI=1S/C21H20N2O3S/c1-14-18(12-15-6-4-3-5-7-15)19(24)23-21(22-14)27-13-16-8-10-17(11-9-16)20(25)26-2/h3-11H,12-13H2,1-2H3,(H,22,23,24). The van der Waals surface area contributed by atoms with Crippen molar-refractivity contribution >= 4 is 17.7 Å². The van der Waals surface area contributed by atoms with Gasteiger partial charge in [-0.2, -0.15) is 0 Å². The number of hydrogen-bond acceptors (Lipinski definition) is 5. The van der Waals surface area contributed by atoms with Crippen molar-refractivity contribution in [2.45, 2.75) is 24.3 Å². The molecule has 2 aromatic carbocycles. The zero-order valence-corrected chi connectivity index (χ0v) is 16.0. The maximum atomic E-state index is 12.5. The molecule has 0 atom stereocenters. The number of hydrogen-bond donors (Lipinski definition) is 1. The summed E-state index contributed by atoms with van der Waals surface area (Å²) in [6, 6.07) is 17.1. The largest absolute Gasteiger partial charge is 0.465 e. The van der Waals surface area contributed by atoms with Gasteiger partial charge in [0.2, 0.25) is 0 Å². The average molecular weight is 380 g/mol. The lowest BCUT2D eigenvalue weighted by Crippen LogP contribution is -2.17. The van der Waals surface area contributed by atoms with Crippen molar-refractivity contribution in [1.29, 1.82) is 0 Å². The van der Waals surface area contributed by atoms with Crippen LogP contribution in [0, 0.1) is 6.92 Å². The van der Waals surface area contributed by atoms with Crippen LogP contribution in [0.5, 0.6) is 0 Å². The van der Waals surface area contributed by atoms with E-state index in [0.29, 0.717) is 28.5 Å². The number of ether oxygens (including phenoxy) is 1. The lowest BCUT2D eigenvalue weighted by atomic mass is 10.1. The summed E-state index contributed by atoms with van der Waals surface area (Å²) in [6.45, 7) is 1.86. The van der Waals surface area contributed by atoms with E-state index in [1.165, 1.54) is 18.9 Å². The minimum atomic E-state index is -0.357. The average Bonchev–Trinajstić information content (AvgIpc) is 2.70. The van der Waals surface area contributed by atoms with E-state index in [0.717, 1.165) is 16.8 Å². The van der Waals surface area contributed by atoms with Gasteiger partial charge in [-0.25, -0.2) is 9.78 Å². The Hall–Kier alpha value is -2.86. The molecule has 1 aromatic heterocycles. The lowest BCUT2D eigenvalue weighted by Gasteiger charge is -2.08. The van der Waals surface area contributed by atoms with Gasteiger partial charge in [-0.3, -0.25) is 4.79 Å². The van der Waals surface area contributed by atoms with Gasteiger partial charge in [0, 0.05) is 23.4 Å². The third kappa shape index (κ3) is 4.86. The van der Waals surface area contributed by atoms with E-state index in [-0.39, 0.29) is 11.5 Å². The summed E-state index contributed by atoms with van der Waals surface area (Å²) in [5.41, 5.74) is 3.95. The van der Waals surface area contributed by atoms with Crippen LogP contribution in [-0.4, -0.2) is 23.0 Å². The van der Waals surface area contributed by atoms with Gasteiger partial charge in [0.05, 0.1) is 12.7 Å². The maximum absolute atomic E-state index is 12.5. The number of aromatic nitrogens is 2. The van der Waals surface area contributed by atoms with Crippen molar-refractivity contribution in [2.24, 2.45) is 0 Å². The van der Waals surface area contributed by atoms with Crippen LogP contribution in [0.3, 0.4) is 0 Å². The molecule has 1 N–H and O–H groups in total. The molecule has 0 fully saturated rings. The first-order valence-corrected chi connectivity index (χ1v) is 9.49. The van der Waals surface area contributed by atoms with E-state index in [2.05, 4.69) is 9.97 Å². The maximum Gasteiger partial charge on any atom is 0.337 e. The highest BCUT2D eigenvalue weighted by Crippen LogP contribution is 2.20. The number of rotatable bonds is 6. The Morgan fingerprint density at radius 1 is 1.07 bits per heavy atom. The van der Waals surface area contributed by atoms with Gasteiger partial charge in [0.15, 0.2) is 5.16 Å². The second kappa shape index (κ2) is 8.68. The number of benzene rings is 2. The van der Waals surface area contributed by atoms with Crippen molar-refractivity contribution in [1.82, 2.24) is 9.97 Å². The molecule has 0 saturated heterocycles. The molecule has 0 aliphatic carbocycles. The van der Waals surface area contributed by atoms with Crippen LogP contribution < -0.4 is 5.56 Å². The van der Waals surface area contributed by atoms with Gasteiger partial charge in [0.25, 0.3) is 5.56 Å². The predicted octanol–water partition coefficient (Wildman–Crippen LogP) is 3.75. The van der Waals surface area contributed by atoms with Gasteiger partial charge in [0.1, 0.15) is 0 Å². The molecular weight excluding hydrogens is 360 g/mol. The van der Waals surface area contributed by atoms with Gasteiger partial charge >= 0.3 is 5.97 Å². The molecular formula is C21H20N2O3S. The highest BCUT2D eigenvalue weighted by atomic mass is 32.2. The van der Waals surface area contributed by atoms with E-state index >= 15 is 0 Å². The smallest absolute Gasteiger partial charge is 0.337 e. The zero-order valence-electron chi connectivity index (χ0n) is 15.2. The lowest BCUT2D eigenvalue weighted by molar-refractivity contribution is 0.0600. The monoisotopic (exact) mass is 380 g/mol. The van der Waals surface area contributed by atoms with Crippen LogP contribution in [0.15, 0.2) is 64.5 Å². The number of carbonyl (C=O) groups excluding carboxylic acids is 1. The Labute approximate surface area is 161 Å². The second-order valence-electron chi connectivity index (χ2n) is 6.07. The summed E-state index contributed by atoms with van der Waals surface area (Å²) in [6.07, 6.45) is 0.564. The molecule has 6 heteroatoms. The highest BCUT2D eigenvalue weighted by molar-refractivity contribution is 7.98. The van der Waals surface area contributed by atoms with Crippen molar-refractivity contribution in [3.8, 4) is 0 Å². The molecule has 0 amide bonds. The molecule has 3 aromatic rings. The first-order chi connectivity index (χ1) is 13.1. The number of carbonyl (C=O) groups is 1. The molecule has 27 heavy (non-hydrogen) atoms. The molecule has 0 aliphatic heterocycles. The Bertz CT molecular complexity index is 983. The van der Waals surface area contributed by atoms with E-state index in [1.54, 1.807) is 12.1 Å². The molecule has 0 unspecified atom stereocenters. The summed E-state index contributed by atoms with van der Waals surface area (Å²) in [7, 11) is 1.36. The van der Waals surface area contributed by atoms with E-state index < -0.39 is 0 Å². The van der Waals surface area contributed by atoms with Crippen LogP contribution in [0.4, 0.5) is 0 Å². The number of thioether (sulfide) groups is 1. The van der Waals surface area contributed by atoms with Crippen LogP contribution in [0.1, 0.15) is 32.7 Å². The van der Waals surface area contributed by atoms with Crippen molar-refractivity contribution in [3.05, 3.63) is 92.9 Å². The predicted molar refractivity (Wildman–Crippen MR) is 106 cm³/mol. The molecule has 0 spiro atoms. The Balaban J connectivity index is 1.69. The molecule has 0 aliphatic rings. The molecule has 0 radical (unpaired) electrons. The Morgan fingerprint density at radius 2 is 1.78 bits per heavy atom. The quantitative estimate of drug-likeness (QED) is 0.401. The zero-order chi connectivity index (χ0) is 19.2. The van der Waals surface area contributed by atoms with Crippen LogP contribution in [0.2, 0.25) is 0 Å². The summed E-state index contributed by atoms with van der Waals surface area (Å²) in [4.78, 5) is 31.3. The van der Waals surface area contributed by atoms with Crippen LogP contribution >= 0.6 is 11.8 Å². The number of aromatic amines is 1. The van der Waals surface area contributed by atoms with Gasteiger partial charge in [-0.1, -0.05) is 54.2 Å². The Kier molecular flexibility index (Phi) is 6.08. The fourth-order valence-electron chi connectivity index (χ4n) is 2.67. The summed E-state index contributed by atoms with van der Waals surface area (Å²) >= 11 is 1.45. The fourth-order valence-corrected chi connectivity index (χ4v) is 3.53. The second-order valence-corrected chi connectivity index (χ2v) is 7.04. The number of methoxy groups -OCH3 is 1. The first kappa shape index (κ1) is 18.9. The number of esters is 1. The van der Waals surface area contributed by atoms with E-state index in [1.807, 2.05) is 49.4 Å². The molecule has 138 valence electrons. The topological polar surface area (TPSA) is 72.0 Å². The highest BCUT2D eigenvalue weighted by Gasteiger charge is 2.10. The van der Waals surface area contributed by atoms with E-state index in [9.17, 15) is 9.59 Å². The number of nitrogens with zero attached hydrogens (tertiary/aromatic N) is 1. The summed E-state index contributed by atoms with van der Waals surface area (Å²) < 4.78 is 4.69. The normalized spacial score (nSPS) is 10.6. The molecule has 3 rings (SSSR count). The third-order valence-corrected chi connectivity index (χ3v) is 5.12. The molecule has 1 heterocycles. The van der Waals surface area contributed by atoms with Crippen LogP contribution in [0.25, 0.3) is 0 Å². The van der Waals surface area contributed by atoms with Crippen LogP contribution in [-0.2, 0) is 16.9 Å². The number of nitrogens with one attached hydrogen (secondary N) is 1. The molecule has 5 nitrogen and oxygen atoms in total. The molecule has 0 saturated carbocycles. The van der Waals surface area contributed by atoms with Gasteiger partial charge < -0.3 is 9.72 Å². The molecule has 0 bridgehead atoms. The Morgan fingerprint density at radius 3 is 2.41 bits per heavy atom. The van der Waals surface area contributed by atoms with E-state index in [4.69, 9.17) is 4.74 Å². The number of H-pyrrole nitrogens is 1.